The Balaban J connectivity index is 2.10. The van der Waals surface area contributed by atoms with Crippen molar-refractivity contribution in [1.29, 1.82) is 0 Å². The van der Waals surface area contributed by atoms with Crippen LogP contribution in [-0.4, -0.2) is 33.8 Å². The van der Waals surface area contributed by atoms with Gasteiger partial charge in [-0.1, -0.05) is 55.1 Å². The van der Waals surface area contributed by atoms with Crippen LogP contribution in [0, 0.1) is 0 Å². The Morgan fingerprint density at radius 3 is 2.33 bits per heavy atom. The van der Waals surface area contributed by atoms with Crippen LogP contribution in [0.15, 0.2) is 67.3 Å². The lowest BCUT2D eigenvalue weighted by Gasteiger charge is -2.21. The van der Waals surface area contributed by atoms with Crippen molar-refractivity contribution in [3.63, 3.8) is 0 Å². The van der Waals surface area contributed by atoms with E-state index >= 15 is 0 Å². The molecule has 0 radical (unpaired) electrons. The van der Waals surface area contributed by atoms with Crippen LogP contribution < -0.4 is 14.5 Å². The predicted octanol–water partition coefficient (Wildman–Crippen LogP) is 0.981. The summed E-state index contributed by atoms with van der Waals surface area (Å²) in [5, 5.41) is 0. The summed E-state index contributed by atoms with van der Waals surface area (Å²) in [6.07, 6.45) is 1.79. The Hall–Kier alpha value is -2.10. The van der Waals surface area contributed by atoms with Gasteiger partial charge in [-0.05, 0) is 12.1 Å². The summed E-state index contributed by atoms with van der Waals surface area (Å²) in [7, 11) is 4.42. The van der Waals surface area contributed by atoms with Crippen molar-refractivity contribution >= 4 is 0 Å². The highest BCUT2D eigenvalue weighted by atomic mass is 16.5. The van der Waals surface area contributed by atoms with Gasteiger partial charge in [0.05, 0.1) is 14.1 Å². The number of hydrogen-bond donors (Lipinski definition) is 2. The topological polar surface area (TPSA) is 18.1 Å². The third kappa shape index (κ3) is 6.19. The molecule has 0 aromatic heterocycles. The Kier molecular flexibility index (Phi) is 7.53. The van der Waals surface area contributed by atoms with Gasteiger partial charge in [0.1, 0.15) is 38.5 Å². The normalized spacial score (nSPS) is 12.1. The van der Waals surface area contributed by atoms with Crippen molar-refractivity contribution in [2.24, 2.45) is 0 Å². The molecule has 2 rings (SSSR count). The Morgan fingerprint density at radius 1 is 0.917 bits per heavy atom. The van der Waals surface area contributed by atoms with Crippen LogP contribution in [0.3, 0.4) is 0 Å². The van der Waals surface area contributed by atoms with Gasteiger partial charge < -0.3 is 14.5 Å². The van der Waals surface area contributed by atoms with E-state index in [4.69, 9.17) is 4.74 Å². The number of para-hydroxylation sites is 1. The van der Waals surface area contributed by atoms with Gasteiger partial charge in [-0.15, -0.1) is 0 Å². The smallest absolute Gasteiger partial charge is 0.128 e. The molecule has 3 nitrogen and oxygen atoms in total. The largest absolute Gasteiger partial charge is 0.489 e. The summed E-state index contributed by atoms with van der Waals surface area (Å²) in [5.41, 5.74) is 2.64. The third-order valence-electron chi connectivity index (χ3n) is 4.05. The summed E-state index contributed by atoms with van der Waals surface area (Å²) in [5.74, 6) is 0.972. The number of quaternary nitrogens is 2. The lowest BCUT2D eigenvalue weighted by atomic mass is 10.1. The molecule has 1 unspecified atom stereocenters. The molecule has 0 saturated heterocycles. The minimum Gasteiger partial charge on any atom is -0.489 e. The molecule has 0 bridgehead atoms. The molecule has 2 aromatic rings. The van der Waals surface area contributed by atoms with Crippen molar-refractivity contribution in [3.8, 4) is 5.75 Å². The molecule has 0 amide bonds. The molecule has 1 atom stereocenters. The van der Waals surface area contributed by atoms with Gasteiger partial charge in [-0.2, -0.15) is 0 Å². The highest BCUT2D eigenvalue weighted by Crippen LogP contribution is 2.17. The monoisotopic (exact) mass is 326 g/mol. The minimum atomic E-state index is 0.548. The van der Waals surface area contributed by atoms with Crippen molar-refractivity contribution in [2.45, 2.75) is 13.1 Å². The third-order valence-corrected chi connectivity index (χ3v) is 4.05. The van der Waals surface area contributed by atoms with E-state index in [1.165, 1.54) is 16.0 Å². The summed E-state index contributed by atoms with van der Waals surface area (Å²) in [6.45, 7) is 8.57. The molecule has 0 fully saturated rings. The van der Waals surface area contributed by atoms with Crippen molar-refractivity contribution in [3.05, 3.63) is 78.4 Å². The quantitative estimate of drug-likeness (QED) is 0.623. The van der Waals surface area contributed by atoms with Crippen LogP contribution in [-0.2, 0) is 13.1 Å². The zero-order chi connectivity index (χ0) is 17.2. The lowest BCUT2D eigenvalue weighted by molar-refractivity contribution is -0.960. The first-order valence-electron chi connectivity index (χ1n) is 8.67. The second kappa shape index (κ2) is 9.91. The van der Waals surface area contributed by atoms with E-state index < -0.39 is 0 Å². The van der Waals surface area contributed by atoms with Gasteiger partial charge in [0.15, 0.2) is 0 Å². The van der Waals surface area contributed by atoms with Crippen LogP contribution in [0.1, 0.15) is 11.1 Å². The van der Waals surface area contributed by atoms with Crippen LogP contribution in [0.25, 0.3) is 0 Å². The van der Waals surface area contributed by atoms with E-state index in [0.29, 0.717) is 6.61 Å². The molecule has 24 heavy (non-hydrogen) atoms. The van der Waals surface area contributed by atoms with Crippen LogP contribution >= 0.6 is 0 Å². The average Bonchev–Trinajstić information content (AvgIpc) is 2.60. The molecule has 2 aromatic carbocycles. The fourth-order valence-electron chi connectivity index (χ4n) is 2.76. The average molecular weight is 326 g/mol. The molecule has 0 aliphatic rings. The number of rotatable bonds is 10. The fourth-order valence-corrected chi connectivity index (χ4v) is 2.76. The van der Waals surface area contributed by atoms with E-state index in [0.717, 1.165) is 31.9 Å². The van der Waals surface area contributed by atoms with E-state index in [1.54, 1.807) is 11.0 Å². The molecular weight excluding hydrogens is 296 g/mol. The Bertz CT molecular complexity index is 610. The van der Waals surface area contributed by atoms with E-state index in [2.05, 4.69) is 69.2 Å². The highest BCUT2D eigenvalue weighted by molar-refractivity contribution is 5.32. The predicted molar refractivity (Wildman–Crippen MR) is 99.5 cm³/mol. The molecule has 2 N–H and O–H groups in total. The highest BCUT2D eigenvalue weighted by Gasteiger charge is 2.15. The fraction of sp³-hybridized carbons (Fsp3) is 0.333. The first-order valence-corrected chi connectivity index (χ1v) is 8.67. The molecule has 128 valence electrons. The van der Waals surface area contributed by atoms with E-state index in [9.17, 15) is 0 Å². The van der Waals surface area contributed by atoms with Gasteiger partial charge in [0.2, 0.25) is 0 Å². The Morgan fingerprint density at radius 2 is 1.62 bits per heavy atom. The lowest BCUT2D eigenvalue weighted by Crippen LogP contribution is -3.16. The number of hydrogen-bond acceptors (Lipinski definition) is 1. The van der Waals surface area contributed by atoms with Crippen LogP contribution in [0.2, 0.25) is 0 Å². The zero-order valence-electron chi connectivity index (χ0n) is 14.9. The maximum absolute atomic E-state index is 5.83. The van der Waals surface area contributed by atoms with Crippen molar-refractivity contribution in [2.75, 3.05) is 33.8 Å². The van der Waals surface area contributed by atoms with Crippen LogP contribution in [0.5, 0.6) is 5.75 Å². The van der Waals surface area contributed by atoms with Crippen molar-refractivity contribution in [1.82, 2.24) is 0 Å². The summed E-state index contributed by atoms with van der Waals surface area (Å²) in [4.78, 5) is 3.04. The first-order chi connectivity index (χ1) is 11.7. The molecule has 0 heterocycles. The second-order valence-electron chi connectivity index (χ2n) is 6.50. The summed E-state index contributed by atoms with van der Waals surface area (Å²) >= 11 is 0. The second-order valence-corrected chi connectivity index (χ2v) is 6.50. The van der Waals surface area contributed by atoms with Gasteiger partial charge in [-0.25, -0.2) is 0 Å². The Labute approximate surface area is 146 Å². The van der Waals surface area contributed by atoms with Gasteiger partial charge in [0, 0.05) is 11.1 Å². The SMILES string of the molecule is C=CCOc1ccccc1C[NH+](CC[NH+](C)C)Cc1ccccc1. The van der Waals surface area contributed by atoms with Crippen LogP contribution in [0.4, 0.5) is 0 Å². The number of benzene rings is 2. The maximum Gasteiger partial charge on any atom is 0.128 e. The zero-order valence-corrected chi connectivity index (χ0v) is 14.9. The van der Waals surface area contributed by atoms with Gasteiger partial charge >= 0.3 is 0 Å². The number of ether oxygens (including phenoxy) is 1. The molecule has 3 heteroatoms. The molecule has 0 aliphatic carbocycles. The molecule has 0 spiro atoms. The molecular formula is C21H30N2O+2. The van der Waals surface area contributed by atoms with Gasteiger partial charge in [-0.3, -0.25) is 0 Å². The number of likely N-dealkylation sites (N-methyl/N-ethyl adjacent to an activating group) is 1. The number of nitrogens with one attached hydrogen (secondary N) is 2. The minimum absolute atomic E-state index is 0.548. The summed E-state index contributed by atoms with van der Waals surface area (Å²) < 4.78 is 5.83. The standard InChI is InChI=1S/C21H28N2O/c1-4-16-24-21-13-9-8-12-20(21)18-23(15-14-22(2)3)17-19-10-6-5-7-11-19/h4-13H,1,14-18H2,2-3H3/p+2. The summed E-state index contributed by atoms with van der Waals surface area (Å²) in [6, 6.07) is 19.1. The van der Waals surface area contributed by atoms with E-state index in [-0.39, 0.29) is 0 Å². The maximum atomic E-state index is 5.83. The van der Waals surface area contributed by atoms with E-state index in [1.807, 2.05) is 6.07 Å². The first kappa shape index (κ1) is 18.2. The molecule has 0 aliphatic heterocycles. The van der Waals surface area contributed by atoms with Crippen molar-refractivity contribution < 1.29 is 14.5 Å². The molecule has 0 saturated carbocycles. The van der Waals surface area contributed by atoms with Gasteiger partial charge in [0.25, 0.3) is 0 Å².